The number of para-hydroxylation sites is 2. The van der Waals surface area contributed by atoms with E-state index in [2.05, 4.69) is 82.0 Å². The lowest BCUT2D eigenvalue weighted by Gasteiger charge is -2.09. The number of aryl methyl sites for hydroxylation is 1. The Morgan fingerprint density at radius 3 is 2.45 bits per heavy atom. The third-order valence-corrected chi connectivity index (χ3v) is 5.38. The summed E-state index contributed by atoms with van der Waals surface area (Å²) in [5, 5.41) is 2.29. The van der Waals surface area contributed by atoms with E-state index in [1.54, 1.807) is 0 Å². The zero-order chi connectivity index (χ0) is 19.4. The van der Waals surface area contributed by atoms with Crippen molar-refractivity contribution in [1.29, 1.82) is 0 Å². The Labute approximate surface area is 167 Å². The number of aromatic nitrogens is 4. The van der Waals surface area contributed by atoms with E-state index in [1.165, 1.54) is 10.9 Å². The van der Waals surface area contributed by atoms with Crippen molar-refractivity contribution in [1.82, 2.24) is 18.9 Å². The number of imidazole rings is 1. The fourth-order valence-electron chi connectivity index (χ4n) is 4.03. The van der Waals surface area contributed by atoms with Gasteiger partial charge in [-0.05, 0) is 49.4 Å². The topological polar surface area (TPSA) is 35.1 Å². The van der Waals surface area contributed by atoms with Crippen molar-refractivity contribution in [3.63, 3.8) is 0 Å². The van der Waals surface area contributed by atoms with Crippen LogP contribution < -0.4 is 0 Å². The molecular formula is C25H18N4. The van der Waals surface area contributed by atoms with Gasteiger partial charge in [0, 0.05) is 34.4 Å². The zero-order valence-electron chi connectivity index (χ0n) is 15.9. The van der Waals surface area contributed by atoms with Crippen LogP contribution in [0.4, 0.5) is 0 Å². The van der Waals surface area contributed by atoms with Crippen LogP contribution >= 0.6 is 0 Å². The first kappa shape index (κ1) is 16.1. The summed E-state index contributed by atoms with van der Waals surface area (Å²) in [5.41, 5.74) is 6.30. The zero-order valence-corrected chi connectivity index (χ0v) is 15.9. The molecule has 0 aliphatic carbocycles. The predicted molar refractivity (Wildman–Crippen MR) is 117 cm³/mol. The first-order valence-corrected chi connectivity index (χ1v) is 9.69. The molecule has 6 rings (SSSR count). The molecule has 3 aromatic heterocycles. The summed E-state index contributed by atoms with van der Waals surface area (Å²) >= 11 is 0. The highest BCUT2D eigenvalue weighted by Crippen LogP contribution is 2.28. The highest BCUT2D eigenvalue weighted by molar-refractivity contribution is 5.91. The third kappa shape index (κ3) is 2.53. The van der Waals surface area contributed by atoms with Gasteiger partial charge in [-0.15, -0.1) is 0 Å². The van der Waals surface area contributed by atoms with E-state index in [0.717, 1.165) is 39.3 Å². The maximum Gasteiger partial charge on any atom is 0.144 e. The average molecular weight is 374 g/mol. The Morgan fingerprint density at radius 2 is 1.55 bits per heavy atom. The van der Waals surface area contributed by atoms with Crippen molar-refractivity contribution >= 4 is 27.5 Å². The van der Waals surface area contributed by atoms with Gasteiger partial charge in [-0.3, -0.25) is 4.57 Å². The van der Waals surface area contributed by atoms with Gasteiger partial charge in [0.05, 0.1) is 16.7 Å². The molecule has 6 aromatic rings. The van der Waals surface area contributed by atoms with Gasteiger partial charge < -0.3 is 4.40 Å². The van der Waals surface area contributed by atoms with Gasteiger partial charge >= 0.3 is 0 Å². The average Bonchev–Trinajstić information content (AvgIpc) is 3.32. The Morgan fingerprint density at radius 1 is 0.724 bits per heavy atom. The van der Waals surface area contributed by atoms with E-state index >= 15 is 0 Å². The van der Waals surface area contributed by atoms with Gasteiger partial charge in [0.25, 0.3) is 0 Å². The highest BCUT2D eigenvalue weighted by atomic mass is 15.1. The van der Waals surface area contributed by atoms with Gasteiger partial charge in [0.1, 0.15) is 11.5 Å². The molecule has 0 radical (unpaired) electrons. The van der Waals surface area contributed by atoms with E-state index in [0.29, 0.717) is 0 Å². The molecule has 0 saturated heterocycles. The molecular weight excluding hydrogens is 356 g/mol. The summed E-state index contributed by atoms with van der Waals surface area (Å²) in [7, 11) is 0. The van der Waals surface area contributed by atoms with Crippen molar-refractivity contribution < 1.29 is 0 Å². The van der Waals surface area contributed by atoms with Gasteiger partial charge in [-0.25, -0.2) is 9.97 Å². The van der Waals surface area contributed by atoms with Crippen molar-refractivity contribution in [3.8, 4) is 17.1 Å². The second-order valence-corrected chi connectivity index (χ2v) is 7.36. The van der Waals surface area contributed by atoms with Crippen molar-refractivity contribution in [2.45, 2.75) is 6.92 Å². The maximum absolute atomic E-state index is 4.87. The van der Waals surface area contributed by atoms with Crippen molar-refractivity contribution in [2.24, 2.45) is 0 Å². The van der Waals surface area contributed by atoms with Crippen LogP contribution in [0.15, 0.2) is 91.3 Å². The molecule has 0 atom stereocenters. The largest absolute Gasteiger partial charge is 0.301 e. The Kier molecular flexibility index (Phi) is 3.35. The molecule has 0 unspecified atom stereocenters. The van der Waals surface area contributed by atoms with Gasteiger partial charge in [0.2, 0.25) is 0 Å². The summed E-state index contributed by atoms with van der Waals surface area (Å²) in [6.07, 6.45) is 4.25. The lowest BCUT2D eigenvalue weighted by molar-refractivity contribution is 1.07. The molecule has 29 heavy (non-hydrogen) atoms. The van der Waals surface area contributed by atoms with Gasteiger partial charge in [0.15, 0.2) is 0 Å². The molecule has 0 bridgehead atoms. The fourth-order valence-corrected chi connectivity index (χ4v) is 4.03. The normalized spacial score (nSPS) is 11.6. The van der Waals surface area contributed by atoms with Crippen LogP contribution in [0.2, 0.25) is 0 Å². The smallest absolute Gasteiger partial charge is 0.144 e. The van der Waals surface area contributed by atoms with Crippen LogP contribution in [0.5, 0.6) is 0 Å². The monoisotopic (exact) mass is 374 g/mol. The summed E-state index contributed by atoms with van der Waals surface area (Å²) in [6.45, 7) is 2.03. The fraction of sp³-hybridized carbons (Fsp3) is 0.0400. The molecule has 4 heteroatoms. The molecule has 4 nitrogen and oxygen atoms in total. The SMILES string of the molecule is Cc1cn(-c2ccccc2)c(-c2ccc3nc4cc5ccccc5n4cc3c2)n1. The van der Waals surface area contributed by atoms with Crippen molar-refractivity contribution in [3.05, 3.63) is 97.0 Å². The molecule has 0 aliphatic rings. The van der Waals surface area contributed by atoms with Gasteiger partial charge in [-0.1, -0.05) is 36.4 Å². The first-order chi connectivity index (χ1) is 14.3. The third-order valence-electron chi connectivity index (χ3n) is 5.38. The van der Waals surface area contributed by atoms with Crippen LogP contribution in [0, 0.1) is 6.92 Å². The van der Waals surface area contributed by atoms with Crippen LogP contribution in [0.1, 0.15) is 5.69 Å². The van der Waals surface area contributed by atoms with E-state index < -0.39 is 0 Å². The molecule has 0 fully saturated rings. The molecule has 0 spiro atoms. The molecule has 0 aliphatic heterocycles. The molecule has 0 saturated carbocycles. The Bertz CT molecular complexity index is 1510. The molecule has 0 N–H and O–H groups in total. The first-order valence-electron chi connectivity index (χ1n) is 9.69. The second-order valence-electron chi connectivity index (χ2n) is 7.36. The number of hydrogen-bond donors (Lipinski definition) is 0. The van der Waals surface area contributed by atoms with Crippen LogP contribution in [0.3, 0.4) is 0 Å². The van der Waals surface area contributed by atoms with E-state index in [-0.39, 0.29) is 0 Å². The molecule has 0 amide bonds. The standard InChI is InChI=1S/C25H18N4/c1-17-15-28(21-8-3-2-4-9-21)25(26-17)19-11-12-22-20(13-19)16-29-23-10-6-5-7-18(23)14-24(29)27-22/h2-16H,1H3. The lowest BCUT2D eigenvalue weighted by atomic mass is 10.1. The predicted octanol–water partition coefficient (Wildman–Crippen LogP) is 5.80. The van der Waals surface area contributed by atoms with E-state index in [4.69, 9.17) is 9.97 Å². The van der Waals surface area contributed by atoms with Gasteiger partial charge in [-0.2, -0.15) is 0 Å². The quantitative estimate of drug-likeness (QED) is 0.384. The lowest BCUT2D eigenvalue weighted by Crippen LogP contribution is -1.96. The minimum absolute atomic E-state index is 0.938. The minimum Gasteiger partial charge on any atom is -0.301 e. The number of hydrogen-bond acceptors (Lipinski definition) is 2. The number of rotatable bonds is 2. The summed E-state index contributed by atoms with van der Waals surface area (Å²) in [5.74, 6) is 0.938. The van der Waals surface area contributed by atoms with E-state index in [1.807, 2.05) is 25.1 Å². The number of benzene rings is 3. The van der Waals surface area contributed by atoms with Crippen LogP contribution in [-0.2, 0) is 0 Å². The van der Waals surface area contributed by atoms with Crippen LogP contribution in [0.25, 0.3) is 44.5 Å². The molecule has 3 heterocycles. The summed E-state index contributed by atoms with van der Waals surface area (Å²) < 4.78 is 4.31. The van der Waals surface area contributed by atoms with Crippen molar-refractivity contribution in [2.75, 3.05) is 0 Å². The number of nitrogens with zero attached hydrogens (tertiary/aromatic N) is 4. The van der Waals surface area contributed by atoms with Crippen LogP contribution in [-0.4, -0.2) is 18.9 Å². The molecule has 138 valence electrons. The maximum atomic E-state index is 4.87. The summed E-state index contributed by atoms with van der Waals surface area (Å²) in [6, 6.07) is 27.2. The summed E-state index contributed by atoms with van der Waals surface area (Å²) in [4.78, 5) is 9.67. The minimum atomic E-state index is 0.938. The second kappa shape index (κ2) is 6.04. The Hall–Kier alpha value is -3.92. The van der Waals surface area contributed by atoms with E-state index in [9.17, 15) is 0 Å². The molecule has 3 aromatic carbocycles. The highest BCUT2D eigenvalue weighted by Gasteiger charge is 2.12. The number of fused-ring (bicyclic) bond motifs is 4. The Balaban J connectivity index is 1.58.